The van der Waals surface area contributed by atoms with Crippen LogP contribution in [-0.2, 0) is 4.74 Å². The van der Waals surface area contributed by atoms with E-state index < -0.39 is 0 Å². The summed E-state index contributed by atoms with van der Waals surface area (Å²) in [5, 5.41) is 4.24. The van der Waals surface area contributed by atoms with Crippen molar-refractivity contribution in [1.29, 1.82) is 0 Å². The minimum Gasteiger partial charge on any atom is -0.497 e. The number of rotatable bonds is 3. The molecular weight excluding hydrogens is 292 g/mol. The Hall–Kier alpha value is -2.01. The van der Waals surface area contributed by atoms with Crippen LogP contribution in [0.4, 0.5) is 0 Å². The number of hydrogen-bond donors (Lipinski definition) is 2. The van der Waals surface area contributed by atoms with Crippen molar-refractivity contribution in [2.45, 2.75) is 31.7 Å². The van der Waals surface area contributed by atoms with Crippen LogP contribution < -0.4 is 10.1 Å². The van der Waals surface area contributed by atoms with Crippen LogP contribution in [-0.4, -0.2) is 37.3 Å². The minimum atomic E-state index is -0.0178. The number of carbonyl (C=O) groups excluding carboxylic acids is 1. The van der Waals surface area contributed by atoms with E-state index in [2.05, 4.69) is 10.3 Å². The van der Waals surface area contributed by atoms with Gasteiger partial charge in [-0.2, -0.15) is 0 Å². The molecule has 0 bridgehead atoms. The second-order valence-electron chi connectivity index (χ2n) is 6.68. The number of hydrogen-bond acceptors (Lipinski definition) is 3. The van der Waals surface area contributed by atoms with Crippen LogP contribution in [0.2, 0.25) is 0 Å². The highest BCUT2D eigenvalue weighted by Crippen LogP contribution is 2.48. The van der Waals surface area contributed by atoms with Gasteiger partial charge in [0, 0.05) is 36.2 Å². The fourth-order valence-electron chi connectivity index (χ4n) is 3.89. The Kier molecular flexibility index (Phi) is 3.53. The molecule has 2 fully saturated rings. The van der Waals surface area contributed by atoms with E-state index in [1.165, 1.54) is 6.42 Å². The average molecular weight is 314 g/mol. The lowest BCUT2D eigenvalue weighted by Crippen LogP contribution is -2.57. The molecule has 1 aromatic heterocycles. The molecule has 1 amide bonds. The number of amides is 1. The number of nitrogens with one attached hydrogen (secondary N) is 2. The van der Waals surface area contributed by atoms with Crippen LogP contribution >= 0.6 is 0 Å². The molecule has 2 aromatic rings. The van der Waals surface area contributed by atoms with Gasteiger partial charge in [-0.25, -0.2) is 0 Å². The Balaban J connectivity index is 1.50. The third kappa shape index (κ3) is 2.49. The highest BCUT2D eigenvalue weighted by molar-refractivity contribution is 5.98. The first-order chi connectivity index (χ1) is 11.2. The summed E-state index contributed by atoms with van der Waals surface area (Å²) < 4.78 is 10.7. The normalized spacial score (nSPS) is 22.7. The Labute approximate surface area is 135 Å². The average Bonchev–Trinajstić information content (AvgIpc) is 3.02. The minimum absolute atomic E-state index is 0.0178. The van der Waals surface area contributed by atoms with Gasteiger partial charge in [-0.05, 0) is 49.3 Å². The zero-order chi connectivity index (χ0) is 15.9. The first kappa shape index (κ1) is 14.6. The summed E-state index contributed by atoms with van der Waals surface area (Å²) in [5.41, 5.74) is 1.80. The smallest absolute Gasteiger partial charge is 0.267 e. The van der Waals surface area contributed by atoms with E-state index in [1.807, 2.05) is 24.3 Å². The molecule has 4 rings (SSSR count). The number of benzene rings is 1. The summed E-state index contributed by atoms with van der Waals surface area (Å²) in [5.74, 6) is 0.766. The van der Waals surface area contributed by atoms with E-state index in [9.17, 15) is 4.79 Å². The van der Waals surface area contributed by atoms with Crippen molar-refractivity contribution in [2.24, 2.45) is 5.41 Å². The molecule has 1 aromatic carbocycles. The summed E-state index contributed by atoms with van der Waals surface area (Å²) in [7, 11) is 1.64. The zero-order valence-corrected chi connectivity index (χ0v) is 13.4. The largest absolute Gasteiger partial charge is 0.497 e. The first-order valence-electron chi connectivity index (χ1n) is 8.26. The number of methoxy groups -OCH3 is 1. The van der Waals surface area contributed by atoms with Gasteiger partial charge in [0.15, 0.2) is 0 Å². The van der Waals surface area contributed by atoms with Gasteiger partial charge in [0.25, 0.3) is 5.91 Å². The molecule has 23 heavy (non-hydrogen) atoms. The van der Waals surface area contributed by atoms with Crippen molar-refractivity contribution in [2.75, 3.05) is 20.3 Å². The summed E-state index contributed by atoms with van der Waals surface area (Å²) in [6.07, 6.45) is 4.38. The number of ether oxygens (including phenoxy) is 2. The Morgan fingerprint density at radius 3 is 2.83 bits per heavy atom. The van der Waals surface area contributed by atoms with E-state index in [1.54, 1.807) is 7.11 Å². The number of aromatic nitrogens is 1. The molecule has 2 aliphatic rings. The lowest BCUT2D eigenvalue weighted by molar-refractivity contribution is -0.0523. The number of carbonyl (C=O) groups is 1. The molecule has 1 saturated heterocycles. The predicted octanol–water partition coefficient (Wildman–Crippen LogP) is 2.87. The van der Waals surface area contributed by atoms with Gasteiger partial charge in [-0.1, -0.05) is 0 Å². The quantitative estimate of drug-likeness (QED) is 0.915. The summed E-state index contributed by atoms with van der Waals surface area (Å²) in [6, 6.07) is 7.96. The molecular formula is C18H22N2O3. The second kappa shape index (κ2) is 5.57. The van der Waals surface area contributed by atoms with E-state index >= 15 is 0 Å². The van der Waals surface area contributed by atoms with Crippen LogP contribution in [0, 0.1) is 5.41 Å². The standard InChI is InChI=1S/C18H22N2O3/c1-22-13-3-2-12-10-15(19-14(12)11-13)17(21)20-16-4-5-18(16)6-8-23-9-7-18/h2-3,10-11,16,19H,4-9H2,1H3,(H,20,21). The SMILES string of the molecule is COc1ccc2cc(C(=O)NC3CCC34CCOCC4)[nH]c2c1. The first-order valence-corrected chi connectivity index (χ1v) is 8.26. The Morgan fingerprint density at radius 1 is 1.30 bits per heavy atom. The molecule has 1 unspecified atom stereocenters. The highest BCUT2D eigenvalue weighted by Gasteiger charge is 2.48. The van der Waals surface area contributed by atoms with Crippen LogP contribution in [0.25, 0.3) is 10.9 Å². The molecule has 2 N–H and O–H groups in total. The van der Waals surface area contributed by atoms with Crippen molar-refractivity contribution in [3.63, 3.8) is 0 Å². The number of H-pyrrole nitrogens is 1. The molecule has 1 aliphatic heterocycles. The van der Waals surface area contributed by atoms with Crippen molar-refractivity contribution in [1.82, 2.24) is 10.3 Å². The van der Waals surface area contributed by atoms with Gasteiger partial charge in [-0.15, -0.1) is 0 Å². The molecule has 5 nitrogen and oxygen atoms in total. The molecule has 1 atom stereocenters. The third-order valence-electron chi connectivity index (χ3n) is 5.54. The molecule has 122 valence electrons. The summed E-state index contributed by atoms with van der Waals surface area (Å²) >= 11 is 0. The van der Waals surface area contributed by atoms with Gasteiger partial charge in [0.05, 0.1) is 7.11 Å². The zero-order valence-electron chi connectivity index (χ0n) is 13.4. The molecule has 5 heteroatoms. The van der Waals surface area contributed by atoms with Crippen molar-refractivity contribution >= 4 is 16.8 Å². The van der Waals surface area contributed by atoms with Crippen molar-refractivity contribution in [3.8, 4) is 5.75 Å². The van der Waals surface area contributed by atoms with E-state index in [0.717, 1.165) is 49.1 Å². The van der Waals surface area contributed by atoms with Gasteiger partial charge in [0.2, 0.25) is 0 Å². The van der Waals surface area contributed by atoms with Crippen LogP contribution in [0.15, 0.2) is 24.3 Å². The van der Waals surface area contributed by atoms with E-state index in [-0.39, 0.29) is 17.4 Å². The maximum atomic E-state index is 12.6. The van der Waals surface area contributed by atoms with E-state index in [4.69, 9.17) is 9.47 Å². The Bertz CT molecular complexity index is 731. The third-order valence-corrected chi connectivity index (χ3v) is 5.54. The summed E-state index contributed by atoms with van der Waals surface area (Å²) in [4.78, 5) is 15.8. The molecule has 0 radical (unpaired) electrons. The molecule has 1 aliphatic carbocycles. The maximum absolute atomic E-state index is 12.6. The van der Waals surface area contributed by atoms with Crippen molar-refractivity contribution in [3.05, 3.63) is 30.0 Å². The van der Waals surface area contributed by atoms with Gasteiger partial charge < -0.3 is 19.8 Å². The predicted molar refractivity (Wildman–Crippen MR) is 87.8 cm³/mol. The topological polar surface area (TPSA) is 63.4 Å². The monoisotopic (exact) mass is 314 g/mol. The van der Waals surface area contributed by atoms with Crippen LogP contribution in [0.5, 0.6) is 5.75 Å². The van der Waals surface area contributed by atoms with Crippen LogP contribution in [0.3, 0.4) is 0 Å². The number of aromatic amines is 1. The molecule has 1 spiro atoms. The fraction of sp³-hybridized carbons (Fsp3) is 0.500. The fourth-order valence-corrected chi connectivity index (χ4v) is 3.89. The van der Waals surface area contributed by atoms with Gasteiger partial charge in [-0.3, -0.25) is 4.79 Å². The Morgan fingerprint density at radius 2 is 2.13 bits per heavy atom. The van der Waals surface area contributed by atoms with Gasteiger partial charge in [0.1, 0.15) is 11.4 Å². The summed E-state index contributed by atoms with van der Waals surface area (Å²) in [6.45, 7) is 1.64. The number of fused-ring (bicyclic) bond motifs is 1. The lowest BCUT2D eigenvalue weighted by atomic mass is 9.60. The lowest BCUT2D eigenvalue weighted by Gasteiger charge is -2.52. The molecule has 1 saturated carbocycles. The van der Waals surface area contributed by atoms with E-state index in [0.29, 0.717) is 5.69 Å². The highest BCUT2D eigenvalue weighted by atomic mass is 16.5. The second-order valence-corrected chi connectivity index (χ2v) is 6.68. The van der Waals surface area contributed by atoms with Gasteiger partial charge >= 0.3 is 0 Å². The molecule has 2 heterocycles. The van der Waals surface area contributed by atoms with Crippen LogP contribution in [0.1, 0.15) is 36.2 Å². The van der Waals surface area contributed by atoms with Crippen molar-refractivity contribution < 1.29 is 14.3 Å². The maximum Gasteiger partial charge on any atom is 0.267 e.